The van der Waals surface area contributed by atoms with Crippen molar-refractivity contribution in [1.82, 2.24) is 10.3 Å². The molecule has 0 bridgehead atoms. The number of hydrogen-bond donors (Lipinski definition) is 2. The molecule has 20 heavy (non-hydrogen) atoms. The fourth-order valence-corrected chi connectivity index (χ4v) is 2.36. The number of halogens is 2. The topological polar surface area (TPSA) is 68.0 Å². The molecule has 0 fully saturated rings. The molecule has 106 valence electrons. The van der Waals surface area contributed by atoms with Crippen LogP contribution in [0, 0.1) is 11.6 Å². The molecule has 1 atom stereocenters. The van der Waals surface area contributed by atoms with Crippen molar-refractivity contribution in [3.63, 3.8) is 0 Å². The lowest BCUT2D eigenvalue weighted by Crippen LogP contribution is -2.27. The van der Waals surface area contributed by atoms with E-state index in [2.05, 4.69) is 10.3 Å². The van der Waals surface area contributed by atoms with Crippen molar-refractivity contribution in [2.75, 3.05) is 0 Å². The molecular weight excluding hydrogens is 284 g/mol. The van der Waals surface area contributed by atoms with Gasteiger partial charge in [0.05, 0.1) is 6.04 Å². The van der Waals surface area contributed by atoms with E-state index < -0.39 is 23.6 Å². The maximum atomic E-state index is 13.6. The molecule has 2 rings (SSSR count). The Labute approximate surface area is 118 Å². The first-order valence-corrected chi connectivity index (χ1v) is 6.79. The molecule has 1 amide bonds. The van der Waals surface area contributed by atoms with Crippen LogP contribution in [-0.2, 0) is 6.54 Å². The SMILES string of the molecule is CC(NC(=O)c1csc(CN)n1)c1cc(F)ccc1F. The molecule has 1 heterocycles. The smallest absolute Gasteiger partial charge is 0.271 e. The largest absolute Gasteiger partial charge is 0.344 e. The second-order valence-corrected chi connectivity index (χ2v) is 5.13. The lowest BCUT2D eigenvalue weighted by Gasteiger charge is -2.14. The van der Waals surface area contributed by atoms with Crippen LogP contribution < -0.4 is 11.1 Å². The van der Waals surface area contributed by atoms with Gasteiger partial charge in [0.2, 0.25) is 0 Å². The second-order valence-electron chi connectivity index (χ2n) is 4.19. The average molecular weight is 297 g/mol. The number of carbonyl (C=O) groups is 1. The summed E-state index contributed by atoms with van der Waals surface area (Å²) in [5.41, 5.74) is 5.73. The summed E-state index contributed by atoms with van der Waals surface area (Å²) in [6.45, 7) is 1.83. The Hall–Kier alpha value is -1.86. The van der Waals surface area contributed by atoms with E-state index in [1.54, 1.807) is 12.3 Å². The van der Waals surface area contributed by atoms with Gasteiger partial charge in [0.25, 0.3) is 5.91 Å². The van der Waals surface area contributed by atoms with E-state index in [9.17, 15) is 13.6 Å². The lowest BCUT2D eigenvalue weighted by molar-refractivity contribution is 0.0934. The van der Waals surface area contributed by atoms with Gasteiger partial charge in [-0.3, -0.25) is 4.79 Å². The molecule has 1 unspecified atom stereocenters. The van der Waals surface area contributed by atoms with Crippen molar-refractivity contribution in [2.24, 2.45) is 5.73 Å². The number of thiazole rings is 1. The van der Waals surface area contributed by atoms with E-state index in [0.29, 0.717) is 5.01 Å². The van der Waals surface area contributed by atoms with Crippen LogP contribution >= 0.6 is 11.3 Å². The Morgan fingerprint density at radius 3 is 2.90 bits per heavy atom. The molecule has 0 saturated heterocycles. The Balaban J connectivity index is 2.12. The van der Waals surface area contributed by atoms with Gasteiger partial charge in [-0.1, -0.05) is 0 Å². The number of nitrogens with zero attached hydrogens (tertiary/aromatic N) is 1. The minimum absolute atomic E-state index is 0.0904. The van der Waals surface area contributed by atoms with Crippen molar-refractivity contribution in [3.05, 3.63) is 51.5 Å². The van der Waals surface area contributed by atoms with Crippen molar-refractivity contribution < 1.29 is 13.6 Å². The Bertz CT molecular complexity index is 630. The molecule has 4 nitrogen and oxygen atoms in total. The molecule has 0 aliphatic carbocycles. The van der Waals surface area contributed by atoms with Gasteiger partial charge in [-0.05, 0) is 25.1 Å². The van der Waals surface area contributed by atoms with Crippen LogP contribution in [0.15, 0.2) is 23.6 Å². The maximum Gasteiger partial charge on any atom is 0.271 e. The van der Waals surface area contributed by atoms with E-state index in [4.69, 9.17) is 5.73 Å². The second kappa shape index (κ2) is 6.06. The molecule has 0 spiro atoms. The number of rotatable bonds is 4. The van der Waals surface area contributed by atoms with Crippen LogP contribution in [0.3, 0.4) is 0 Å². The number of nitrogens with two attached hydrogens (primary N) is 1. The van der Waals surface area contributed by atoms with E-state index in [1.807, 2.05) is 0 Å². The van der Waals surface area contributed by atoms with Gasteiger partial charge in [-0.2, -0.15) is 0 Å². The third-order valence-electron chi connectivity index (χ3n) is 2.73. The third kappa shape index (κ3) is 3.17. The highest BCUT2D eigenvalue weighted by atomic mass is 32.1. The molecule has 0 radical (unpaired) electrons. The van der Waals surface area contributed by atoms with Gasteiger partial charge in [-0.15, -0.1) is 11.3 Å². The predicted octanol–water partition coefficient (Wildman–Crippen LogP) is 2.37. The zero-order valence-electron chi connectivity index (χ0n) is 10.7. The Morgan fingerprint density at radius 2 is 2.25 bits per heavy atom. The molecule has 1 aromatic heterocycles. The zero-order valence-corrected chi connectivity index (χ0v) is 11.5. The fraction of sp³-hybridized carbons (Fsp3) is 0.231. The standard InChI is InChI=1S/C13H13F2N3OS/c1-7(9-4-8(14)2-3-10(9)15)17-13(19)11-6-20-12(5-16)18-11/h2-4,6-7H,5,16H2,1H3,(H,17,19). The van der Waals surface area contributed by atoms with Crippen molar-refractivity contribution in [1.29, 1.82) is 0 Å². The van der Waals surface area contributed by atoms with Gasteiger partial charge in [0.15, 0.2) is 0 Å². The monoisotopic (exact) mass is 297 g/mol. The summed E-state index contributed by atoms with van der Waals surface area (Å²) in [6, 6.07) is 2.46. The molecule has 3 N–H and O–H groups in total. The summed E-state index contributed by atoms with van der Waals surface area (Å²) in [5.74, 6) is -1.57. The molecule has 7 heteroatoms. The number of carbonyl (C=O) groups excluding carboxylic acids is 1. The van der Waals surface area contributed by atoms with Crippen LogP contribution in [0.25, 0.3) is 0 Å². The Kier molecular flexibility index (Phi) is 4.41. The third-order valence-corrected chi connectivity index (χ3v) is 3.60. The first-order chi connectivity index (χ1) is 9.51. The summed E-state index contributed by atoms with van der Waals surface area (Å²) in [4.78, 5) is 16.0. The summed E-state index contributed by atoms with van der Waals surface area (Å²) in [5, 5.41) is 4.79. The molecule has 0 aliphatic heterocycles. The van der Waals surface area contributed by atoms with Crippen molar-refractivity contribution in [2.45, 2.75) is 19.5 Å². The van der Waals surface area contributed by atoms with Gasteiger partial charge in [0, 0.05) is 17.5 Å². The van der Waals surface area contributed by atoms with E-state index in [0.717, 1.165) is 18.2 Å². The number of benzene rings is 1. The summed E-state index contributed by atoms with van der Waals surface area (Å²) in [6.07, 6.45) is 0. The minimum atomic E-state index is -0.666. The zero-order chi connectivity index (χ0) is 14.7. The fourth-order valence-electron chi connectivity index (χ4n) is 1.70. The highest BCUT2D eigenvalue weighted by Gasteiger charge is 2.17. The Morgan fingerprint density at radius 1 is 1.50 bits per heavy atom. The van der Waals surface area contributed by atoms with Crippen LogP contribution in [-0.4, -0.2) is 10.9 Å². The van der Waals surface area contributed by atoms with E-state index in [-0.39, 0.29) is 17.8 Å². The normalized spacial score (nSPS) is 12.2. The van der Waals surface area contributed by atoms with Gasteiger partial charge >= 0.3 is 0 Å². The molecule has 1 aromatic carbocycles. The number of nitrogens with one attached hydrogen (secondary N) is 1. The first-order valence-electron chi connectivity index (χ1n) is 5.91. The first kappa shape index (κ1) is 14.5. The van der Waals surface area contributed by atoms with Crippen LogP contribution in [0.5, 0.6) is 0 Å². The van der Waals surface area contributed by atoms with Crippen LogP contribution in [0.2, 0.25) is 0 Å². The number of amides is 1. The lowest BCUT2D eigenvalue weighted by atomic mass is 10.1. The van der Waals surface area contributed by atoms with Crippen molar-refractivity contribution in [3.8, 4) is 0 Å². The predicted molar refractivity (Wildman–Crippen MR) is 72.2 cm³/mol. The molecule has 2 aromatic rings. The number of hydrogen-bond acceptors (Lipinski definition) is 4. The summed E-state index contributed by atoms with van der Waals surface area (Å²) in [7, 11) is 0. The average Bonchev–Trinajstić information content (AvgIpc) is 2.90. The molecule has 0 saturated carbocycles. The highest BCUT2D eigenvalue weighted by molar-refractivity contribution is 7.09. The van der Waals surface area contributed by atoms with Crippen molar-refractivity contribution >= 4 is 17.2 Å². The molecule has 0 aliphatic rings. The van der Waals surface area contributed by atoms with E-state index >= 15 is 0 Å². The van der Waals surface area contributed by atoms with Crippen LogP contribution in [0.1, 0.15) is 34.0 Å². The maximum absolute atomic E-state index is 13.6. The quantitative estimate of drug-likeness (QED) is 0.910. The van der Waals surface area contributed by atoms with Gasteiger partial charge < -0.3 is 11.1 Å². The highest BCUT2D eigenvalue weighted by Crippen LogP contribution is 2.19. The minimum Gasteiger partial charge on any atom is -0.344 e. The van der Waals surface area contributed by atoms with Gasteiger partial charge in [-0.25, -0.2) is 13.8 Å². The molecular formula is C13H13F2N3OS. The number of aromatic nitrogens is 1. The van der Waals surface area contributed by atoms with Crippen LogP contribution in [0.4, 0.5) is 8.78 Å². The van der Waals surface area contributed by atoms with E-state index in [1.165, 1.54) is 11.3 Å². The van der Waals surface area contributed by atoms with Gasteiger partial charge in [0.1, 0.15) is 22.3 Å². The summed E-state index contributed by atoms with van der Waals surface area (Å²) < 4.78 is 26.7. The summed E-state index contributed by atoms with van der Waals surface area (Å²) >= 11 is 1.28.